The first-order valence-electron chi connectivity index (χ1n) is 10.9. The lowest BCUT2D eigenvalue weighted by Gasteiger charge is -2.26. The summed E-state index contributed by atoms with van der Waals surface area (Å²) in [4.78, 5) is 35.0. The van der Waals surface area contributed by atoms with Gasteiger partial charge in [-0.15, -0.1) is 0 Å². The fraction of sp³-hybridized carbons (Fsp3) is 0.375. The molecule has 7 heteroatoms. The molecule has 1 amide bonds. The van der Waals surface area contributed by atoms with Gasteiger partial charge >= 0.3 is 0 Å². The van der Waals surface area contributed by atoms with Crippen LogP contribution in [-0.4, -0.2) is 64.7 Å². The number of carbonyl (C=O) groups excluding carboxylic acids is 1. The van der Waals surface area contributed by atoms with Crippen LogP contribution in [0, 0.1) is 0 Å². The van der Waals surface area contributed by atoms with Gasteiger partial charge in [-0.1, -0.05) is 30.3 Å². The van der Waals surface area contributed by atoms with E-state index in [-0.39, 0.29) is 11.5 Å². The molecule has 0 atom stereocenters. The fourth-order valence-electron chi connectivity index (χ4n) is 4.38. The summed E-state index contributed by atoms with van der Waals surface area (Å²) >= 11 is 0. The van der Waals surface area contributed by atoms with Crippen molar-refractivity contribution in [1.82, 2.24) is 19.4 Å². The van der Waals surface area contributed by atoms with Crippen LogP contribution in [0.3, 0.4) is 0 Å². The molecule has 0 radical (unpaired) electrons. The second-order valence-electron chi connectivity index (χ2n) is 8.13. The Morgan fingerprint density at radius 3 is 2.58 bits per heavy atom. The van der Waals surface area contributed by atoms with Crippen LogP contribution < -0.4 is 5.56 Å². The van der Waals surface area contributed by atoms with Gasteiger partial charge in [0.15, 0.2) is 0 Å². The summed E-state index contributed by atoms with van der Waals surface area (Å²) in [7, 11) is 0. The highest BCUT2D eigenvalue weighted by Crippen LogP contribution is 2.17. The second-order valence-corrected chi connectivity index (χ2v) is 8.13. The molecule has 31 heavy (non-hydrogen) atoms. The largest absolute Gasteiger partial charge is 0.378 e. The van der Waals surface area contributed by atoms with Crippen LogP contribution in [0.1, 0.15) is 21.7 Å². The first-order chi connectivity index (χ1) is 15.2. The number of carbonyl (C=O) groups is 1. The molecule has 7 nitrogen and oxygen atoms in total. The van der Waals surface area contributed by atoms with Crippen molar-refractivity contribution in [2.45, 2.75) is 19.5 Å². The average molecular weight is 418 g/mol. The van der Waals surface area contributed by atoms with Gasteiger partial charge in [0.05, 0.1) is 24.1 Å². The lowest BCUT2D eigenvalue weighted by Crippen LogP contribution is -2.40. The third-order valence-electron chi connectivity index (χ3n) is 6.12. The number of hydrogen-bond donors (Lipinski definition) is 0. The number of ether oxygens (including phenoxy) is 1. The number of hydrogen-bond acceptors (Lipinski definition) is 5. The predicted octanol–water partition coefficient (Wildman–Crippen LogP) is 1.93. The molecule has 0 spiro atoms. The highest BCUT2D eigenvalue weighted by atomic mass is 16.5. The van der Waals surface area contributed by atoms with E-state index in [0.29, 0.717) is 55.7 Å². The van der Waals surface area contributed by atoms with Gasteiger partial charge in [0.1, 0.15) is 5.82 Å². The van der Waals surface area contributed by atoms with Gasteiger partial charge < -0.3 is 9.64 Å². The van der Waals surface area contributed by atoms with E-state index < -0.39 is 0 Å². The van der Waals surface area contributed by atoms with Gasteiger partial charge in [0.2, 0.25) is 0 Å². The molecule has 3 aromatic rings. The molecular formula is C24H26N4O3. The van der Waals surface area contributed by atoms with Crippen LogP contribution in [0.25, 0.3) is 10.9 Å². The van der Waals surface area contributed by atoms with Crippen LogP contribution in [0.15, 0.2) is 53.3 Å². The van der Waals surface area contributed by atoms with Gasteiger partial charge in [-0.25, -0.2) is 4.98 Å². The number of nitrogens with zero attached hydrogens (tertiary/aromatic N) is 4. The Labute approximate surface area is 180 Å². The van der Waals surface area contributed by atoms with Crippen LogP contribution in [0.4, 0.5) is 0 Å². The van der Waals surface area contributed by atoms with Crippen molar-refractivity contribution in [3.05, 3.63) is 75.8 Å². The molecule has 1 saturated heterocycles. The summed E-state index contributed by atoms with van der Waals surface area (Å²) in [6, 6.07) is 15.6. The molecule has 2 aliphatic rings. The molecule has 160 valence electrons. The summed E-state index contributed by atoms with van der Waals surface area (Å²) in [5.41, 5.74) is 2.43. The zero-order chi connectivity index (χ0) is 21.2. The highest BCUT2D eigenvalue weighted by Gasteiger charge is 2.21. The topological polar surface area (TPSA) is 67.7 Å². The number of morpholine rings is 1. The zero-order valence-electron chi connectivity index (χ0n) is 17.5. The Kier molecular flexibility index (Phi) is 5.53. The van der Waals surface area contributed by atoms with E-state index in [4.69, 9.17) is 9.72 Å². The number of benzene rings is 2. The van der Waals surface area contributed by atoms with Gasteiger partial charge in [-0.3, -0.25) is 19.1 Å². The van der Waals surface area contributed by atoms with Crippen LogP contribution in [0.2, 0.25) is 0 Å². The normalized spacial score (nSPS) is 17.4. The molecule has 0 unspecified atom stereocenters. The number of aromatic nitrogens is 2. The van der Waals surface area contributed by atoms with Crippen LogP contribution >= 0.6 is 0 Å². The van der Waals surface area contributed by atoms with Crippen molar-refractivity contribution in [1.29, 1.82) is 0 Å². The molecule has 5 rings (SSSR count). The number of amides is 1. The zero-order valence-corrected chi connectivity index (χ0v) is 17.5. The number of rotatable bonds is 3. The SMILES string of the molecule is O=C(c1ccc2c(=O)n3c(nc2c1)CCN(Cc1ccccc1)CC3)N1CCOCC1. The van der Waals surface area contributed by atoms with E-state index in [1.807, 2.05) is 6.07 Å². The van der Waals surface area contributed by atoms with E-state index in [9.17, 15) is 9.59 Å². The highest BCUT2D eigenvalue weighted by molar-refractivity contribution is 5.97. The lowest BCUT2D eigenvalue weighted by atomic mass is 10.1. The molecule has 0 saturated carbocycles. The Bertz CT molecular complexity index is 1150. The van der Waals surface area contributed by atoms with E-state index >= 15 is 0 Å². The summed E-state index contributed by atoms with van der Waals surface area (Å²) in [6.45, 7) is 5.45. The van der Waals surface area contributed by atoms with Crippen molar-refractivity contribution < 1.29 is 9.53 Å². The first-order valence-corrected chi connectivity index (χ1v) is 10.9. The Hall–Kier alpha value is -3.03. The minimum atomic E-state index is -0.0314. The van der Waals surface area contributed by atoms with E-state index in [0.717, 1.165) is 25.5 Å². The Balaban J connectivity index is 1.40. The molecule has 0 N–H and O–H groups in total. The molecule has 2 aliphatic heterocycles. The first kappa shape index (κ1) is 19.9. The second kappa shape index (κ2) is 8.61. The maximum atomic E-state index is 13.2. The summed E-state index contributed by atoms with van der Waals surface area (Å²) in [6.07, 6.45) is 0.708. The van der Waals surface area contributed by atoms with Crippen molar-refractivity contribution in [3.8, 4) is 0 Å². The predicted molar refractivity (Wildman–Crippen MR) is 118 cm³/mol. The van der Waals surface area contributed by atoms with E-state index in [1.54, 1.807) is 27.7 Å². The minimum absolute atomic E-state index is 0.0214. The average Bonchev–Trinajstić information content (AvgIpc) is 3.02. The van der Waals surface area contributed by atoms with E-state index in [2.05, 4.69) is 29.2 Å². The van der Waals surface area contributed by atoms with Gasteiger partial charge in [0, 0.05) is 51.3 Å². The van der Waals surface area contributed by atoms with Crippen molar-refractivity contribution >= 4 is 16.8 Å². The maximum absolute atomic E-state index is 13.2. The summed E-state index contributed by atoms with van der Waals surface area (Å²) < 4.78 is 7.14. The Morgan fingerprint density at radius 1 is 0.968 bits per heavy atom. The van der Waals surface area contributed by atoms with Crippen LogP contribution in [-0.2, 0) is 24.2 Å². The minimum Gasteiger partial charge on any atom is -0.378 e. The smallest absolute Gasteiger partial charge is 0.261 e. The number of fused-ring (bicyclic) bond motifs is 2. The van der Waals surface area contributed by atoms with Crippen molar-refractivity contribution in [2.24, 2.45) is 0 Å². The monoisotopic (exact) mass is 418 g/mol. The van der Waals surface area contributed by atoms with Crippen molar-refractivity contribution in [3.63, 3.8) is 0 Å². The fourth-order valence-corrected chi connectivity index (χ4v) is 4.38. The molecule has 0 bridgehead atoms. The van der Waals surface area contributed by atoms with Gasteiger partial charge in [-0.05, 0) is 23.8 Å². The third kappa shape index (κ3) is 4.11. The van der Waals surface area contributed by atoms with Gasteiger partial charge in [-0.2, -0.15) is 0 Å². The molecule has 3 heterocycles. The van der Waals surface area contributed by atoms with Crippen LogP contribution in [0.5, 0.6) is 0 Å². The van der Waals surface area contributed by atoms with Gasteiger partial charge in [0.25, 0.3) is 11.5 Å². The molecule has 0 aliphatic carbocycles. The summed E-state index contributed by atoms with van der Waals surface area (Å²) in [5, 5.41) is 0.568. The molecular weight excluding hydrogens is 392 g/mol. The molecule has 1 fully saturated rings. The summed E-state index contributed by atoms with van der Waals surface area (Å²) in [5.74, 6) is 0.764. The quantitative estimate of drug-likeness (QED) is 0.650. The third-order valence-corrected chi connectivity index (χ3v) is 6.12. The van der Waals surface area contributed by atoms with Crippen molar-refractivity contribution in [2.75, 3.05) is 39.4 Å². The molecule has 2 aromatic carbocycles. The molecule has 1 aromatic heterocycles. The Morgan fingerprint density at radius 2 is 1.77 bits per heavy atom. The lowest BCUT2D eigenvalue weighted by molar-refractivity contribution is 0.0303. The maximum Gasteiger partial charge on any atom is 0.261 e. The standard InChI is InChI=1S/C24H26N4O3/c29-23(27-12-14-31-15-13-27)19-6-7-20-21(16-19)25-22-8-9-26(10-11-28(22)24(20)30)17-18-4-2-1-3-5-18/h1-7,16H,8-15,17H2. The van der Waals surface area contributed by atoms with E-state index in [1.165, 1.54) is 5.56 Å².